The van der Waals surface area contributed by atoms with Gasteiger partial charge in [-0.05, 0) is 68.8 Å². The minimum absolute atomic E-state index is 0.712. The van der Waals surface area contributed by atoms with Crippen molar-refractivity contribution in [1.29, 1.82) is 0 Å². The summed E-state index contributed by atoms with van der Waals surface area (Å²) in [5.74, 6) is 0.875. The van der Waals surface area contributed by atoms with Gasteiger partial charge in [0.2, 0.25) is 5.95 Å². The van der Waals surface area contributed by atoms with Gasteiger partial charge in [-0.1, -0.05) is 6.07 Å². The summed E-state index contributed by atoms with van der Waals surface area (Å²) in [7, 11) is 0. The van der Waals surface area contributed by atoms with Crippen molar-refractivity contribution in [3.8, 4) is 0 Å². The summed E-state index contributed by atoms with van der Waals surface area (Å²) in [6.07, 6.45) is 5.50. The molecule has 0 unspecified atom stereocenters. The van der Waals surface area contributed by atoms with Crippen LogP contribution in [0.2, 0.25) is 0 Å². The van der Waals surface area contributed by atoms with E-state index in [0.717, 1.165) is 68.4 Å². The standard InChI is InChI=1S/C23H28N6/c1-17-14-18(2)27-23(26-17)29-12-10-28(11-13-29)9-5-4-6-19-16-25-22-8-7-20(24-3)15-21(19)22/h7-8,14-16,25H,4-6,9-13H2,1-2H3. The fraction of sp³-hybridized carbons (Fsp3) is 0.435. The van der Waals surface area contributed by atoms with E-state index in [4.69, 9.17) is 6.57 Å². The number of piperazine rings is 1. The summed E-state index contributed by atoms with van der Waals surface area (Å²) in [5.41, 5.74) is 5.23. The number of fused-ring (bicyclic) bond motifs is 1. The zero-order valence-corrected chi connectivity index (χ0v) is 17.3. The molecule has 4 rings (SSSR count). The Bertz CT molecular complexity index is 1000. The van der Waals surface area contributed by atoms with Gasteiger partial charge in [0.1, 0.15) is 0 Å². The number of rotatable bonds is 6. The molecule has 6 heteroatoms. The van der Waals surface area contributed by atoms with Crippen LogP contribution < -0.4 is 4.90 Å². The lowest BCUT2D eigenvalue weighted by molar-refractivity contribution is 0.252. The van der Waals surface area contributed by atoms with Gasteiger partial charge in [0.05, 0.1) is 6.57 Å². The van der Waals surface area contributed by atoms with Crippen LogP contribution in [-0.2, 0) is 6.42 Å². The number of unbranched alkanes of at least 4 members (excludes halogenated alkanes) is 1. The molecule has 6 nitrogen and oxygen atoms in total. The van der Waals surface area contributed by atoms with E-state index in [-0.39, 0.29) is 0 Å². The van der Waals surface area contributed by atoms with Gasteiger partial charge >= 0.3 is 0 Å². The molecular weight excluding hydrogens is 360 g/mol. The summed E-state index contributed by atoms with van der Waals surface area (Å²) in [6, 6.07) is 7.90. The molecular formula is C23H28N6. The summed E-state index contributed by atoms with van der Waals surface area (Å²) in [6.45, 7) is 16.5. The Morgan fingerprint density at radius 3 is 2.52 bits per heavy atom. The van der Waals surface area contributed by atoms with Crippen molar-refractivity contribution in [3.05, 3.63) is 58.8 Å². The van der Waals surface area contributed by atoms with Gasteiger partial charge in [-0.3, -0.25) is 4.90 Å². The Labute approximate surface area is 172 Å². The maximum Gasteiger partial charge on any atom is 0.225 e. The highest BCUT2D eigenvalue weighted by Crippen LogP contribution is 2.25. The van der Waals surface area contributed by atoms with Crippen LogP contribution in [0.15, 0.2) is 30.5 Å². The topological polar surface area (TPSA) is 52.4 Å². The molecule has 29 heavy (non-hydrogen) atoms. The maximum atomic E-state index is 7.21. The minimum Gasteiger partial charge on any atom is -0.361 e. The number of aromatic amines is 1. The first kappa shape index (κ1) is 19.4. The SMILES string of the molecule is [C-]#[N+]c1ccc2[nH]cc(CCCCN3CCN(c4nc(C)cc(C)n4)CC3)c2c1. The monoisotopic (exact) mass is 388 g/mol. The van der Waals surface area contributed by atoms with E-state index in [0.29, 0.717) is 5.69 Å². The highest BCUT2D eigenvalue weighted by Gasteiger charge is 2.19. The van der Waals surface area contributed by atoms with Crippen LogP contribution >= 0.6 is 0 Å². The normalized spacial score (nSPS) is 15.0. The molecule has 0 spiro atoms. The minimum atomic E-state index is 0.712. The highest BCUT2D eigenvalue weighted by atomic mass is 15.3. The Morgan fingerprint density at radius 2 is 1.79 bits per heavy atom. The van der Waals surface area contributed by atoms with Crippen molar-refractivity contribution in [2.75, 3.05) is 37.6 Å². The van der Waals surface area contributed by atoms with Gasteiger partial charge in [0.15, 0.2) is 5.69 Å². The molecule has 1 N–H and O–H groups in total. The first-order valence-electron chi connectivity index (χ1n) is 10.4. The molecule has 1 aliphatic heterocycles. The summed E-state index contributed by atoms with van der Waals surface area (Å²) >= 11 is 0. The fourth-order valence-corrected chi connectivity index (χ4v) is 4.11. The number of nitrogens with zero attached hydrogens (tertiary/aromatic N) is 5. The van der Waals surface area contributed by atoms with Crippen LogP contribution in [0.5, 0.6) is 0 Å². The summed E-state index contributed by atoms with van der Waals surface area (Å²) in [4.78, 5) is 20.9. The average molecular weight is 389 g/mol. The molecule has 1 aromatic carbocycles. The Hall–Kier alpha value is -2.91. The molecule has 1 saturated heterocycles. The average Bonchev–Trinajstić information content (AvgIpc) is 3.13. The molecule has 1 aliphatic rings. The van der Waals surface area contributed by atoms with Crippen LogP contribution in [0, 0.1) is 20.4 Å². The number of hydrogen-bond donors (Lipinski definition) is 1. The predicted molar refractivity (Wildman–Crippen MR) is 118 cm³/mol. The van der Waals surface area contributed by atoms with Crippen molar-refractivity contribution in [2.24, 2.45) is 0 Å². The number of aryl methyl sites for hydroxylation is 3. The van der Waals surface area contributed by atoms with Gasteiger partial charge in [-0.25, -0.2) is 14.8 Å². The number of H-pyrrole nitrogens is 1. The second-order valence-electron chi connectivity index (χ2n) is 7.89. The lowest BCUT2D eigenvalue weighted by Crippen LogP contribution is -2.47. The number of anilines is 1. The summed E-state index contributed by atoms with van der Waals surface area (Å²) in [5, 5.41) is 1.19. The van der Waals surface area contributed by atoms with Crippen molar-refractivity contribution >= 4 is 22.5 Å². The number of benzene rings is 1. The molecule has 3 heterocycles. The second kappa shape index (κ2) is 8.62. The molecule has 0 atom stereocenters. The third-order valence-electron chi connectivity index (χ3n) is 5.68. The number of aromatic nitrogens is 3. The van der Waals surface area contributed by atoms with Crippen LogP contribution in [-0.4, -0.2) is 52.6 Å². The van der Waals surface area contributed by atoms with Gasteiger partial charge in [0, 0.05) is 49.3 Å². The molecule has 0 bridgehead atoms. The van der Waals surface area contributed by atoms with E-state index in [1.807, 2.05) is 38.1 Å². The smallest absolute Gasteiger partial charge is 0.225 e. The molecule has 1 fully saturated rings. The Kier molecular flexibility index (Phi) is 5.77. The van der Waals surface area contributed by atoms with E-state index in [9.17, 15) is 0 Å². The van der Waals surface area contributed by atoms with Gasteiger partial charge < -0.3 is 9.88 Å². The zero-order chi connectivity index (χ0) is 20.2. The Morgan fingerprint density at radius 1 is 1.03 bits per heavy atom. The predicted octanol–water partition coefficient (Wildman–Crippen LogP) is 4.27. The molecule has 0 aliphatic carbocycles. The first-order chi connectivity index (χ1) is 14.1. The zero-order valence-electron chi connectivity index (χ0n) is 17.3. The lowest BCUT2D eigenvalue weighted by Gasteiger charge is -2.34. The van der Waals surface area contributed by atoms with Crippen molar-refractivity contribution in [1.82, 2.24) is 19.9 Å². The van der Waals surface area contributed by atoms with Crippen molar-refractivity contribution < 1.29 is 0 Å². The molecule has 3 aromatic rings. The van der Waals surface area contributed by atoms with Crippen LogP contribution in [0.4, 0.5) is 11.6 Å². The molecule has 0 saturated carbocycles. The van der Waals surface area contributed by atoms with Crippen molar-refractivity contribution in [2.45, 2.75) is 33.1 Å². The van der Waals surface area contributed by atoms with Gasteiger partial charge in [-0.2, -0.15) is 0 Å². The van der Waals surface area contributed by atoms with E-state index >= 15 is 0 Å². The lowest BCUT2D eigenvalue weighted by atomic mass is 10.1. The fourth-order valence-electron chi connectivity index (χ4n) is 4.11. The maximum absolute atomic E-state index is 7.21. The molecule has 0 amide bonds. The van der Waals surface area contributed by atoms with Gasteiger partial charge in [-0.15, -0.1) is 0 Å². The molecule has 0 radical (unpaired) electrons. The summed E-state index contributed by atoms with van der Waals surface area (Å²) < 4.78 is 0. The second-order valence-corrected chi connectivity index (χ2v) is 7.89. The van der Waals surface area contributed by atoms with Crippen LogP contribution in [0.3, 0.4) is 0 Å². The molecule has 150 valence electrons. The third kappa shape index (κ3) is 4.57. The number of nitrogens with one attached hydrogen (secondary N) is 1. The van der Waals surface area contributed by atoms with Crippen LogP contribution in [0.1, 0.15) is 29.8 Å². The van der Waals surface area contributed by atoms with E-state index in [1.54, 1.807) is 0 Å². The quantitative estimate of drug-likeness (QED) is 0.506. The highest BCUT2D eigenvalue weighted by molar-refractivity contribution is 5.86. The largest absolute Gasteiger partial charge is 0.361 e. The van der Waals surface area contributed by atoms with E-state index < -0.39 is 0 Å². The molecule has 2 aromatic heterocycles. The third-order valence-corrected chi connectivity index (χ3v) is 5.68. The van der Waals surface area contributed by atoms with E-state index in [1.165, 1.54) is 17.4 Å². The van der Waals surface area contributed by atoms with E-state index in [2.05, 4.69) is 35.8 Å². The number of hydrogen-bond acceptors (Lipinski definition) is 4. The van der Waals surface area contributed by atoms with Crippen LogP contribution in [0.25, 0.3) is 15.7 Å². The van der Waals surface area contributed by atoms with Gasteiger partial charge in [0.25, 0.3) is 0 Å². The Balaban J connectivity index is 1.24. The van der Waals surface area contributed by atoms with Crippen molar-refractivity contribution in [3.63, 3.8) is 0 Å². The first-order valence-corrected chi connectivity index (χ1v) is 10.4.